The van der Waals surface area contributed by atoms with Crippen molar-refractivity contribution in [3.63, 3.8) is 0 Å². The second-order valence-electron chi connectivity index (χ2n) is 15.1. The Morgan fingerprint density at radius 1 is 1.09 bits per heavy atom. The largest absolute Gasteiger partial charge is 0.477 e. The molecule has 3 aliphatic carbocycles. The molecule has 11 heteroatoms. The van der Waals surface area contributed by atoms with E-state index in [4.69, 9.17) is 18.9 Å². The molecule has 2 saturated carbocycles. The number of esters is 2. The molecule has 240 valence electrons. The third-order valence-corrected chi connectivity index (χ3v) is 9.52. The Bertz CT molecular complexity index is 1390. The van der Waals surface area contributed by atoms with Gasteiger partial charge in [-0.2, -0.15) is 0 Å². The first-order valence-electron chi connectivity index (χ1n) is 15.8. The Hall–Kier alpha value is -3.18. The lowest BCUT2D eigenvalue weighted by molar-refractivity contribution is -0.188. The monoisotopic (exact) mass is 612 g/mol. The van der Waals surface area contributed by atoms with Gasteiger partial charge in [-0.1, -0.05) is 6.07 Å². The fourth-order valence-electron chi connectivity index (χ4n) is 7.68. The van der Waals surface area contributed by atoms with E-state index in [2.05, 4.69) is 10.2 Å². The van der Waals surface area contributed by atoms with E-state index in [9.17, 15) is 24.3 Å². The van der Waals surface area contributed by atoms with Gasteiger partial charge in [-0.05, 0) is 97.7 Å². The molecule has 6 rings (SSSR count). The van der Waals surface area contributed by atoms with E-state index in [1.165, 1.54) is 12.8 Å². The van der Waals surface area contributed by atoms with E-state index < -0.39 is 58.8 Å². The fourth-order valence-corrected chi connectivity index (χ4v) is 7.68. The third kappa shape index (κ3) is 5.36. The zero-order chi connectivity index (χ0) is 31.8. The number of nitrogens with one attached hydrogen (secondary N) is 1. The molecule has 5 aliphatic rings. The lowest BCUT2D eigenvalue weighted by atomic mass is 9.49. The van der Waals surface area contributed by atoms with Gasteiger partial charge in [0.05, 0.1) is 17.4 Å². The quantitative estimate of drug-likeness (QED) is 0.348. The summed E-state index contributed by atoms with van der Waals surface area (Å²) in [6.45, 7) is 11.8. The van der Waals surface area contributed by atoms with Crippen LogP contribution >= 0.6 is 0 Å². The van der Waals surface area contributed by atoms with Crippen molar-refractivity contribution in [3.05, 3.63) is 23.3 Å². The molecule has 44 heavy (non-hydrogen) atoms. The van der Waals surface area contributed by atoms with E-state index in [0.29, 0.717) is 30.9 Å². The molecule has 2 aliphatic heterocycles. The van der Waals surface area contributed by atoms with Crippen LogP contribution < -0.4 is 14.8 Å². The molecule has 1 spiro atoms. The summed E-state index contributed by atoms with van der Waals surface area (Å²) in [6.07, 6.45) is 1.96. The first-order valence-corrected chi connectivity index (χ1v) is 15.8. The number of benzene rings is 1. The number of ketones is 1. The molecule has 1 amide bonds. The number of hydrogen-bond acceptors (Lipinski definition) is 10. The van der Waals surface area contributed by atoms with Crippen LogP contribution in [0.2, 0.25) is 0 Å². The molecule has 0 radical (unpaired) electrons. The number of carbonyl (C=O) groups is 4. The number of carbonyl (C=O) groups excluding carboxylic acids is 4. The van der Waals surface area contributed by atoms with Crippen molar-refractivity contribution in [2.75, 3.05) is 13.1 Å². The summed E-state index contributed by atoms with van der Waals surface area (Å²) >= 11 is 0. The minimum absolute atomic E-state index is 0.0584. The van der Waals surface area contributed by atoms with Gasteiger partial charge in [-0.15, -0.1) is 0 Å². The van der Waals surface area contributed by atoms with Crippen LogP contribution in [0.15, 0.2) is 12.1 Å². The number of aliphatic hydroxyl groups is 1. The summed E-state index contributed by atoms with van der Waals surface area (Å²) in [5, 5.41) is 14.9. The Balaban J connectivity index is 1.27. The topological polar surface area (TPSA) is 141 Å². The lowest BCUT2D eigenvalue weighted by Crippen LogP contribution is -2.76. The summed E-state index contributed by atoms with van der Waals surface area (Å²) in [4.78, 5) is 54.6. The van der Waals surface area contributed by atoms with Crippen molar-refractivity contribution in [1.29, 1.82) is 0 Å². The average molecular weight is 613 g/mol. The summed E-state index contributed by atoms with van der Waals surface area (Å²) in [7, 11) is 0. The molecule has 1 aromatic carbocycles. The number of ether oxygens (including phenoxy) is 4. The normalized spacial score (nSPS) is 29.7. The summed E-state index contributed by atoms with van der Waals surface area (Å²) in [5.41, 5.74) is -1.98. The van der Waals surface area contributed by atoms with Crippen LogP contribution in [0.5, 0.6) is 11.5 Å². The molecule has 3 fully saturated rings. The minimum Gasteiger partial charge on any atom is -0.477 e. The number of Topliss-reactive ketones (excluding diaryl/α,β-unsaturated/α-hetero) is 1. The molecule has 2 heterocycles. The maximum atomic E-state index is 13.3. The highest BCUT2D eigenvalue weighted by Gasteiger charge is 2.73. The zero-order valence-corrected chi connectivity index (χ0v) is 26.5. The number of alkyl carbamates (subject to hydrolysis) is 1. The second kappa shape index (κ2) is 10.4. The van der Waals surface area contributed by atoms with Crippen LogP contribution in [0.3, 0.4) is 0 Å². The number of rotatable bonds is 7. The smallest absolute Gasteiger partial charge is 0.408 e. The molecule has 1 aromatic rings. The summed E-state index contributed by atoms with van der Waals surface area (Å²) < 4.78 is 22.9. The number of likely N-dealkylation sites (tertiary alicyclic amines) is 1. The average Bonchev–Trinajstić information content (AvgIpc) is 3.63. The van der Waals surface area contributed by atoms with Crippen LogP contribution in [-0.2, 0) is 35.7 Å². The predicted molar refractivity (Wildman–Crippen MR) is 157 cm³/mol. The van der Waals surface area contributed by atoms with Crippen molar-refractivity contribution in [2.24, 2.45) is 5.92 Å². The van der Waals surface area contributed by atoms with E-state index in [-0.39, 0.29) is 24.0 Å². The van der Waals surface area contributed by atoms with Gasteiger partial charge in [0.2, 0.25) is 0 Å². The molecule has 2 N–H and O–H groups in total. The van der Waals surface area contributed by atoms with Crippen molar-refractivity contribution < 1.29 is 43.2 Å². The number of piperidine rings is 1. The van der Waals surface area contributed by atoms with Crippen LogP contribution in [0.1, 0.15) is 91.2 Å². The Labute approximate surface area is 257 Å². The molecule has 5 atom stereocenters. The van der Waals surface area contributed by atoms with E-state index in [1.807, 2.05) is 6.07 Å². The van der Waals surface area contributed by atoms with E-state index in [0.717, 1.165) is 24.2 Å². The zero-order valence-electron chi connectivity index (χ0n) is 26.5. The molecule has 1 saturated heterocycles. The van der Waals surface area contributed by atoms with Gasteiger partial charge in [0.15, 0.2) is 23.4 Å². The maximum absolute atomic E-state index is 13.3. The molecule has 11 nitrogen and oxygen atoms in total. The predicted octanol–water partition coefficient (Wildman–Crippen LogP) is 3.35. The first-order chi connectivity index (χ1) is 20.5. The van der Waals surface area contributed by atoms with Crippen LogP contribution in [0, 0.1) is 5.92 Å². The Morgan fingerprint density at radius 3 is 2.45 bits per heavy atom. The van der Waals surface area contributed by atoms with Crippen molar-refractivity contribution >= 4 is 23.8 Å². The SMILES string of the molecule is CC(C)(C)OC(=O)N[C@@H](CC(=O)Oc1ccc2c3c1OC1C(=O)CC[C@@]4(O)[C@@H](C2)N(CC2CC2)CC[C@]314)C(=O)OC(C)(C)C. The van der Waals surface area contributed by atoms with Gasteiger partial charge in [0.1, 0.15) is 17.2 Å². The van der Waals surface area contributed by atoms with Gasteiger partial charge in [-0.25, -0.2) is 9.59 Å². The van der Waals surface area contributed by atoms with E-state index in [1.54, 1.807) is 47.6 Å². The summed E-state index contributed by atoms with van der Waals surface area (Å²) in [5.74, 6) is -0.586. The number of amides is 1. The van der Waals surface area contributed by atoms with Crippen LogP contribution in [-0.4, -0.2) is 81.9 Å². The van der Waals surface area contributed by atoms with Crippen LogP contribution in [0.4, 0.5) is 4.79 Å². The standard InChI is InChI=1S/C33H44N2O9/c1-30(2,3)43-28(38)20(34-29(39)44-31(4,5)6)16-24(37)41-22-10-9-19-15-23-33(40)12-11-21(36)27-32(33,25(19)26(22)42-27)13-14-35(23)17-18-7-8-18/h9-10,18,20,23,27,40H,7-8,11-17H2,1-6H3,(H,34,39)/t20-,23+,27?,32-,33+/m0/s1. The van der Waals surface area contributed by atoms with Gasteiger partial charge >= 0.3 is 18.0 Å². The first kappa shape index (κ1) is 30.8. The highest BCUT2D eigenvalue weighted by Crippen LogP contribution is 2.65. The van der Waals surface area contributed by atoms with E-state index >= 15 is 0 Å². The Kier molecular flexibility index (Phi) is 7.31. The highest BCUT2D eigenvalue weighted by molar-refractivity contribution is 5.91. The van der Waals surface area contributed by atoms with Crippen molar-refractivity contribution in [3.8, 4) is 11.5 Å². The maximum Gasteiger partial charge on any atom is 0.408 e. The third-order valence-electron chi connectivity index (χ3n) is 9.52. The van der Waals surface area contributed by atoms with Gasteiger partial charge in [0.25, 0.3) is 0 Å². The minimum atomic E-state index is -1.37. The van der Waals surface area contributed by atoms with Crippen molar-refractivity contribution in [1.82, 2.24) is 10.2 Å². The molecule has 1 unspecified atom stereocenters. The lowest BCUT2D eigenvalue weighted by Gasteiger charge is -2.62. The van der Waals surface area contributed by atoms with Crippen LogP contribution in [0.25, 0.3) is 0 Å². The Morgan fingerprint density at radius 2 is 1.80 bits per heavy atom. The second-order valence-corrected chi connectivity index (χ2v) is 15.1. The fraction of sp³-hybridized carbons (Fsp3) is 0.697. The number of hydrogen-bond donors (Lipinski definition) is 2. The molecule has 0 aromatic heterocycles. The number of nitrogens with zero attached hydrogens (tertiary/aromatic N) is 1. The van der Waals surface area contributed by atoms with Gasteiger partial charge in [0, 0.05) is 24.6 Å². The molecular weight excluding hydrogens is 568 g/mol. The van der Waals surface area contributed by atoms with Gasteiger partial charge < -0.3 is 29.4 Å². The summed E-state index contributed by atoms with van der Waals surface area (Å²) in [6, 6.07) is 2.06. The van der Waals surface area contributed by atoms with Gasteiger partial charge in [-0.3, -0.25) is 14.5 Å². The van der Waals surface area contributed by atoms with Crippen molar-refractivity contribution in [2.45, 2.75) is 127 Å². The molecule has 2 bridgehead atoms. The molecular formula is C33H44N2O9. The highest BCUT2D eigenvalue weighted by atomic mass is 16.6.